The number of amides is 3. The molecular formula is C22H25N3O4. The average molecular weight is 395 g/mol. The predicted octanol–water partition coefficient (Wildman–Crippen LogP) is 3.34. The summed E-state index contributed by atoms with van der Waals surface area (Å²) < 4.78 is 5.22. The van der Waals surface area contributed by atoms with E-state index in [1.165, 1.54) is 0 Å². The van der Waals surface area contributed by atoms with Crippen LogP contribution >= 0.6 is 0 Å². The highest BCUT2D eigenvalue weighted by Gasteiger charge is 2.35. The van der Waals surface area contributed by atoms with E-state index in [-0.39, 0.29) is 24.1 Å². The third-order valence-corrected chi connectivity index (χ3v) is 5.05. The monoisotopic (exact) mass is 395 g/mol. The maximum atomic E-state index is 12.8. The fourth-order valence-corrected chi connectivity index (χ4v) is 3.29. The van der Waals surface area contributed by atoms with Crippen molar-refractivity contribution in [3.8, 4) is 5.75 Å². The Morgan fingerprint density at radius 2 is 1.83 bits per heavy atom. The van der Waals surface area contributed by atoms with Crippen LogP contribution in [0.25, 0.3) is 0 Å². The summed E-state index contributed by atoms with van der Waals surface area (Å²) in [6, 6.07) is 12.6. The van der Waals surface area contributed by atoms with Gasteiger partial charge in [-0.1, -0.05) is 19.1 Å². The van der Waals surface area contributed by atoms with Crippen LogP contribution in [0.2, 0.25) is 0 Å². The molecule has 0 aliphatic carbocycles. The zero-order chi connectivity index (χ0) is 21.0. The van der Waals surface area contributed by atoms with Gasteiger partial charge in [0.25, 0.3) is 0 Å². The van der Waals surface area contributed by atoms with E-state index in [1.54, 1.807) is 49.3 Å². The maximum absolute atomic E-state index is 12.8. The van der Waals surface area contributed by atoms with Crippen LogP contribution in [0.15, 0.2) is 42.5 Å². The Kier molecular flexibility index (Phi) is 6.16. The van der Waals surface area contributed by atoms with Crippen molar-refractivity contribution in [1.82, 2.24) is 0 Å². The first-order valence-electron chi connectivity index (χ1n) is 9.57. The summed E-state index contributed by atoms with van der Waals surface area (Å²) in [6.07, 6.45) is 0.522. The van der Waals surface area contributed by atoms with Crippen molar-refractivity contribution in [2.45, 2.75) is 26.7 Å². The third kappa shape index (κ3) is 4.56. The molecule has 0 radical (unpaired) electrons. The number of carbonyl (C=O) groups excluding carboxylic acids is 3. The van der Waals surface area contributed by atoms with E-state index in [1.807, 2.05) is 19.1 Å². The highest BCUT2D eigenvalue weighted by atomic mass is 16.5. The molecule has 1 saturated heterocycles. The number of nitrogens with zero attached hydrogens (tertiary/aromatic N) is 1. The topological polar surface area (TPSA) is 87.7 Å². The number of hydrogen-bond acceptors (Lipinski definition) is 4. The molecule has 3 rings (SSSR count). The highest BCUT2D eigenvalue weighted by Crippen LogP contribution is 2.29. The number of anilines is 3. The standard InChI is InChI=1S/C22H25N3O4/c1-4-20(26)23-18-9-6-10-19(14(18)2)24-22(28)15-11-21(27)25(13-15)16-7-5-8-17(12-16)29-3/h5-10,12,15H,4,11,13H2,1-3H3,(H,23,26)(H,24,28)/t15-/m1/s1. The van der Waals surface area contributed by atoms with Gasteiger partial charge in [-0.3, -0.25) is 14.4 Å². The van der Waals surface area contributed by atoms with Crippen LogP contribution in [0.1, 0.15) is 25.3 Å². The molecule has 0 saturated carbocycles. The summed E-state index contributed by atoms with van der Waals surface area (Å²) in [7, 11) is 1.57. The number of rotatable bonds is 6. The van der Waals surface area contributed by atoms with Gasteiger partial charge in [0.05, 0.1) is 13.0 Å². The summed E-state index contributed by atoms with van der Waals surface area (Å²) in [5.41, 5.74) is 2.77. The zero-order valence-corrected chi connectivity index (χ0v) is 16.8. The quantitative estimate of drug-likeness (QED) is 0.785. The molecule has 2 aromatic carbocycles. The van der Waals surface area contributed by atoms with E-state index >= 15 is 0 Å². The van der Waals surface area contributed by atoms with E-state index in [4.69, 9.17) is 4.74 Å². The van der Waals surface area contributed by atoms with Crippen molar-refractivity contribution in [3.63, 3.8) is 0 Å². The van der Waals surface area contributed by atoms with Gasteiger partial charge in [-0.15, -0.1) is 0 Å². The number of hydrogen-bond donors (Lipinski definition) is 2. The van der Waals surface area contributed by atoms with Gasteiger partial charge >= 0.3 is 0 Å². The van der Waals surface area contributed by atoms with Crippen LogP contribution in [0.3, 0.4) is 0 Å². The lowest BCUT2D eigenvalue weighted by Gasteiger charge is -2.18. The number of carbonyl (C=O) groups is 3. The minimum Gasteiger partial charge on any atom is -0.497 e. The number of methoxy groups -OCH3 is 1. The smallest absolute Gasteiger partial charge is 0.229 e. The second-order valence-electron chi connectivity index (χ2n) is 6.98. The Morgan fingerprint density at radius 3 is 2.52 bits per heavy atom. The first-order valence-corrected chi connectivity index (χ1v) is 9.57. The Hall–Kier alpha value is -3.35. The van der Waals surface area contributed by atoms with Gasteiger partial charge in [0.2, 0.25) is 17.7 Å². The molecule has 7 heteroatoms. The van der Waals surface area contributed by atoms with Crippen molar-refractivity contribution in [2.24, 2.45) is 5.92 Å². The van der Waals surface area contributed by atoms with Gasteiger partial charge in [-0.05, 0) is 36.8 Å². The molecule has 0 aromatic heterocycles. The summed E-state index contributed by atoms with van der Waals surface area (Å²) in [6.45, 7) is 3.92. The van der Waals surface area contributed by atoms with Crippen LogP contribution < -0.4 is 20.3 Å². The number of nitrogens with one attached hydrogen (secondary N) is 2. The fourth-order valence-electron chi connectivity index (χ4n) is 3.29. The predicted molar refractivity (Wildman–Crippen MR) is 112 cm³/mol. The van der Waals surface area contributed by atoms with Crippen LogP contribution in [0.4, 0.5) is 17.1 Å². The van der Waals surface area contributed by atoms with Crippen molar-refractivity contribution in [1.29, 1.82) is 0 Å². The van der Waals surface area contributed by atoms with Crippen LogP contribution in [-0.2, 0) is 14.4 Å². The second-order valence-corrected chi connectivity index (χ2v) is 6.98. The van der Waals surface area contributed by atoms with Crippen LogP contribution in [-0.4, -0.2) is 31.4 Å². The first-order chi connectivity index (χ1) is 13.9. The van der Waals surface area contributed by atoms with Crippen molar-refractivity contribution < 1.29 is 19.1 Å². The van der Waals surface area contributed by atoms with E-state index in [9.17, 15) is 14.4 Å². The minimum absolute atomic E-state index is 0.0908. The molecule has 1 aliphatic rings. The molecule has 0 spiro atoms. The molecule has 1 atom stereocenters. The fraction of sp³-hybridized carbons (Fsp3) is 0.318. The molecule has 2 aromatic rings. The van der Waals surface area contributed by atoms with Gasteiger partial charge in [0, 0.05) is 42.5 Å². The van der Waals surface area contributed by atoms with Gasteiger partial charge in [-0.2, -0.15) is 0 Å². The van der Waals surface area contributed by atoms with E-state index < -0.39 is 5.92 Å². The molecule has 0 bridgehead atoms. The molecule has 0 unspecified atom stereocenters. The Balaban J connectivity index is 1.71. The van der Waals surface area contributed by atoms with Crippen LogP contribution in [0, 0.1) is 12.8 Å². The van der Waals surface area contributed by atoms with Crippen molar-refractivity contribution in [3.05, 3.63) is 48.0 Å². The lowest BCUT2D eigenvalue weighted by molar-refractivity contribution is -0.122. The Bertz CT molecular complexity index is 941. The van der Waals surface area contributed by atoms with E-state index in [0.29, 0.717) is 35.8 Å². The Labute approximate surface area is 170 Å². The summed E-state index contributed by atoms with van der Waals surface area (Å²) >= 11 is 0. The minimum atomic E-state index is -0.456. The summed E-state index contributed by atoms with van der Waals surface area (Å²) in [5.74, 6) is -0.205. The van der Waals surface area contributed by atoms with E-state index in [2.05, 4.69) is 10.6 Å². The largest absolute Gasteiger partial charge is 0.497 e. The summed E-state index contributed by atoms with van der Waals surface area (Å²) in [4.78, 5) is 38.6. The average Bonchev–Trinajstić information content (AvgIpc) is 3.12. The number of ether oxygens (including phenoxy) is 1. The van der Waals surface area contributed by atoms with E-state index in [0.717, 1.165) is 5.56 Å². The second kappa shape index (κ2) is 8.77. The Morgan fingerprint density at radius 1 is 1.14 bits per heavy atom. The van der Waals surface area contributed by atoms with Gasteiger partial charge in [0.15, 0.2) is 0 Å². The molecular weight excluding hydrogens is 370 g/mol. The zero-order valence-electron chi connectivity index (χ0n) is 16.8. The normalized spacial score (nSPS) is 15.9. The maximum Gasteiger partial charge on any atom is 0.229 e. The van der Waals surface area contributed by atoms with Crippen molar-refractivity contribution >= 4 is 34.8 Å². The molecule has 7 nitrogen and oxygen atoms in total. The number of benzene rings is 2. The third-order valence-electron chi connectivity index (χ3n) is 5.05. The van der Waals surface area contributed by atoms with Gasteiger partial charge in [0.1, 0.15) is 5.75 Å². The SMILES string of the molecule is CCC(=O)Nc1cccc(NC(=O)[C@@H]2CC(=O)N(c3cccc(OC)c3)C2)c1C. The van der Waals surface area contributed by atoms with Gasteiger partial charge < -0.3 is 20.3 Å². The molecule has 1 aliphatic heterocycles. The van der Waals surface area contributed by atoms with Gasteiger partial charge in [-0.25, -0.2) is 0 Å². The lowest BCUT2D eigenvalue weighted by atomic mass is 10.1. The molecule has 2 N–H and O–H groups in total. The summed E-state index contributed by atoms with van der Waals surface area (Å²) in [5, 5.41) is 5.73. The lowest BCUT2D eigenvalue weighted by Crippen LogP contribution is -2.28. The highest BCUT2D eigenvalue weighted by molar-refractivity contribution is 6.04. The first kappa shape index (κ1) is 20.4. The van der Waals surface area contributed by atoms with Crippen molar-refractivity contribution in [2.75, 3.05) is 29.2 Å². The molecule has 152 valence electrons. The molecule has 29 heavy (non-hydrogen) atoms. The molecule has 1 heterocycles. The molecule has 1 fully saturated rings. The molecule has 3 amide bonds. The van der Waals surface area contributed by atoms with Crippen LogP contribution in [0.5, 0.6) is 5.75 Å².